The van der Waals surface area contributed by atoms with Crippen molar-refractivity contribution < 1.29 is 4.79 Å². The van der Waals surface area contributed by atoms with Crippen molar-refractivity contribution in [2.45, 2.75) is 20.4 Å². The normalized spacial score (nSPS) is 10.3. The highest BCUT2D eigenvalue weighted by Crippen LogP contribution is 2.21. The molecule has 0 unspecified atom stereocenters. The topological polar surface area (TPSA) is 41.1 Å². The van der Waals surface area contributed by atoms with Crippen molar-refractivity contribution in [3.63, 3.8) is 0 Å². The molecule has 0 aliphatic rings. The Morgan fingerprint density at radius 3 is 2.57 bits per heavy atom. The van der Waals surface area contributed by atoms with E-state index in [9.17, 15) is 4.79 Å². The number of nitrogens with one attached hydrogen (secondary N) is 2. The molecule has 110 valence electrons. The molecule has 2 N–H and O–H groups in total. The predicted octanol–water partition coefficient (Wildman–Crippen LogP) is 3.93. The standard InChI is InChI=1S/C17H19ClN2O/c1-11-4-5-13(12(2)8-11)10-20-14-6-7-16(18)15(9-14)17(21)19-3/h4-9,20H,10H2,1-3H3,(H,19,21). The second kappa shape index (κ2) is 6.64. The van der Waals surface area contributed by atoms with Gasteiger partial charge in [0.2, 0.25) is 0 Å². The maximum absolute atomic E-state index is 11.7. The maximum atomic E-state index is 11.7. The lowest BCUT2D eigenvalue weighted by Crippen LogP contribution is -2.18. The van der Waals surface area contributed by atoms with Gasteiger partial charge in [-0.15, -0.1) is 0 Å². The number of carbonyl (C=O) groups is 1. The van der Waals surface area contributed by atoms with E-state index in [0.29, 0.717) is 17.1 Å². The fraction of sp³-hybridized carbons (Fsp3) is 0.235. The van der Waals surface area contributed by atoms with Crippen LogP contribution < -0.4 is 10.6 Å². The van der Waals surface area contributed by atoms with Gasteiger partial charge in [-0.3, -0.25) is 4.79 Å². The first-order valence-corrected chi connectivity index (χ1v) is 7.20. The summed E-state index contributed by atoms with van der Waals surface area (Å²) < 4.78 is 0. The average Bonchev–Trinajstić information content (AvgIpc) is 2.47. The predicted molar refractivity (Wildman–Crippen MR) is 88.1 cm³/mol. The van der Waals surface area contributed by atoms with Gasteiger partial charge in [-0.05, 0) is 43.2 Å². The smallest absolute Gasteiger partial charge is 0.252 e. The lowest BCUT2D eigenvalue weighted by molar-refractivity contribution is 0.0963. The fourth-order valence-corrected chi connectivity index (χ4v) is 2.39. The third kappa shape index (κ3) is 3.76. The molecule has 2 aromatic carbocycles. The molecule has 2 rings (SSSR count). The van der Waals surface area contributed by atoms with E-state index >= 15 is 0 Å². The van der Waals surface area contributed by atoms with Crippen molar-refractivity contribution in [2.24, 2.45) is 0 Å². The Morgan fingerprint density at radius 1 is 1.14 bits per heavy atom. The number of benzene rings is 2. The highest BCUT2D eigenvalue weighted by Gasteiger charge is 2.09. The van der Waals surface area contributed by atoms with Crippen LogP contribution in [0.4, 0.5) is 5.69 Å². The van der Waals surface area contributed by atoms with Crippen molar-refractivity contribution >= 4 is 23.2 Å². The summed E-state index contributed by atoms with van der Waals surface area (Å²) in [5, 5.41) is 6.37. The van der Waals surface area contributed by atoms with E-state index in [1.54, 1.807) is 19.2 Å². The second-order valence-electron chi connectivity index (χ2n) is 5.06. The van der Waals surface area contributed by atoms with Crippen molar-refractivity contribution in [1.82, 2.24) is 5.32 Å². The highest BCUT2D eigenvalue weighted by atomic mass is 35.5. The van der Waals surface area contributed by atoms with Gasteiger partial charge >= 0.3 is 0 Å². The lowest BCUT2D eigenvalue weighted by Gasteiger charge is -2.11. The number of hydrogen-bond donors (Lipinski definition) is 2. The van der Waals surface area contributed by atoms with Crippen LogP contribution in [0.2, 0.25) is 5.02 Å². The van der Waals surface area contributed by atoms with Crippen LogP contribution in [-0.4, -0.2) is 13.0 Å². The van der Waals surface area contributed by atoms with Crippen LogP contribution in [0.1, 0.15) is 27.0 Å². The van der Waals surface area contributed by atoms with Crippen molar-refractivity contribution in [3.05, 3.63) is 63.7 Å². The highest BCUT2D eigenvalue weighted by molar-refractivity contribution is 6.34. The summed E-state index contributed by atoms with van der Waals surface area (Å²) in [4.78, 5) is 11.7. The van der Waals surface area contributed by atoms with Crippen LogP contribution in [0.3, 0.4) is 0 Å². The second-order valence-corrected chi connectivity index (χ2v) is 5.46. The van der Waals surface area contributed by atoms with E-state index in [-0.39, 0.29) is 5.91 Å². The number of rotatable bonds is 4. The largest absolute Gasteiger partial charge is 0.381 e. The summed E-state index contributed by atoms with van der Waals surface area (Å²) in [6.07, 6.45) is 0. The minimum atomic E-state index is -0.185. The Bertz CT molecular complexity index is 668. The van der Waals surface area contributed by atoms with Gasteiger partial charge < -0.3 is 10.6 Å². The van der Waals surface area contributed by atoms with Crippen LogP contribution in [0, 0.1) is 13.8 Å². The monoisotopic (exact) mass is 302 g/mol. The molecular formula is C17H19ClN2O. The van der Waals surface area contributed by atoms with Gasteiger partial charge in [0, 0.05) is 19.3 Å². The fourth-order valence-electron chi connectivity index (χ4n) is 2.19. The SMILES string of the molecule is CNC(=O)c1cc(NCc2ccc(C)cc2C)ccc1Cl. The Kier molecular flexibility index (Phi) is 4.86. The van der Waals surface area contributed by atoms with Gasteiger partial charge in [0.15, 0.2) is 0 Å². The number of aryl methyl sites for hydroxylation is 2. The van der Waals surface area contributed by atoms with Crippen LogP contribution in [-0.2, 0) is 6.54 Å². The lowest BCUT2D eigenvalue weighted by atomic mass is 10.1. The van der Waals surface area contributed by atoms with E-state index in [1.807, 2.05) is 6.07 Å². The van der Waals surface area contributed by atoms with Gasteiger partial charge in [0.05, 0.1) is 10.6 Å². The molecule has 0 radical (unpaired) electrons. The molecule has 0 spiro atoms. The summed E-state index contributed by atoms with van der Waals surface area (Å²) in [5.41, 5.74) is 5.09. The summed E-state index contributed by atoms with van der Waals surface area (Å²) in [7, 11) is 1.59. The van der Waals surface area contributed by atoms with E-state index in [4.69, 9.17) is 11.6 Å². The molecule has 4 heteroatoms. The first-order valence-electron chi connectivity index (χ1n) is 6.83. The number of amides is 1. The van der Waals surface area contributed by atoms with E-state index in [0.717, 1.165) is 5.69 Å². The Labute approximate surface area is 130 Å². The zero-order chi connectivity index (χ0) is 15.4. The van der Waals surface area contributed by atoms with Crippen LogP contribution >= 0.6 is 11.6 Å². The number of anilines is 1. The molecule has 3 nitrogen and oxygen atoms in total. The van der Waals surface area contributed by atoms with Crippen molar-refractivity contribution in [1.29, 1.82) is 0 Å². The molecule has 0 fully saturated rings. The van der Waals surface area contributed by atoms with Crippen LogP contribution in [0.25, 0.3) is 0 Å². The molecule has 2 aromatic rings. The zero-order valence-electron chi connectivity index (χ0n) is 12.5. The summed E-state index contributed by atoms with van der Waals surface area (Å²) in [6.45, 7) is 4.89. The maximum Gasteiger partial charge on any atom is 0.252 e. The minimum absolute atomic E-state index is 0.185. The van der Waals surface area contributed by atoms with Gasteiger partial charge in [0.25, 0.3) is 5.91 Å². The van der Waals surface area contributed by atoms with E-state index in [2.05, 4.69) is 42.7 Å². The van der Waals surface area contributed by atoms with Gasteiger partial charge in [-0.1, -0.05) is 35.4 Å². The summed E-state index contributed by atoms with van der Waals surface area (Å²) in [5.74, 6) is -0.185. The quantitative estimate of drug-likeness (QED) is 0.898. The van der Waals surface area contributed by atoms with Crippen LogP contribution in [0.5, 0.6) is 0 Å². The molecule has 0 saturated heterocycles. The molecule has 0 aromatic heterocycles. The molecule has 21 heavy (non-hydrogen) atoms. The molecular weight excluding hydrogens is 284 g/mol. The third-order valence-corrected chi connectivity index (χ3v) is 3.75. The Balaban J connectivity index is 2.15. The number of halogens is 1. The van der Waals surface area contributed by atoms with Gasteiger partial charge in [0.1, 0.15) is 0 Å². The molecule has 1 amide bonds. The number of hydrogen-bond acceptors (Lipinski definition) is 2. The molecule has 0 atom stereocenters. The van der Waals surface area contributed by atoms with E-state index in [1.165, 1.54) is 16.7 Å². The van der Waals surface area contributed by atoms with Crippen molar-refractivity contribution in [3.8, 4) is 0 Å². The first-order chi connectivity index (χ1) is 10.0. The average molecular weight is 303 g/mol. The zero-order valence-corrected chi connectivity index (χ0v) is 13.2. The van der Waals surface area contributed by atoms with Crippen LogP contribution in [0.15, 0.2) is 36.4 Å². The molecule has 0 saturated carbocycles. The van der Waals surface area contributed by atoms with Gasteiger partial charge in [-0.25, -0.2) is 0 Å². The molecule has 0 aliphatic heterocycles. The Hall–Kier alpha value is -2.00. The number of carbonyl (C=O) groups excluding carboxylic acids is 1. The van der Waals surface area contributed by atoms with E-state index < -0.39 is 0 Å². The first kappa shape index (κ1) is 15.4. The molecule has 0 heterocycles. The molecule has 0 bridgehead atoms. The molecule has 0 aliphatic carbocycles. The Morgan fingerprint density at radius 2 is 1.90 bits per heavy atom. The summed E-state index contributed by atoms with van der Waals surface area (Å²) >= 11 is 6.04. The third-order valence-electron chi connectivity index (χ3n) is 3.42. The minimum Gasteiger partial charge on any atom is -0.381 e. The van der Waals surface area contributed by atoms with Crippen molar-refractivity contribution in [2.75, 3.05) is 12.4 Å². The summed E-state index contributed by atoms with van der Waals surface area (Å²) in [6, 6.07) is 11.8. The van der Waals surface area contributed by atoms with Gasteiger partial charge in [-0.2, -0.15) is 0 Å².